The van der Waals surface area contributed by atoms with Crippen LogP contribution in [0.1, 0.15) is 22.4 Å². The minimum Gasteiger partial charge on any atom is -0.497 e. The molecule has 0 saturated heterocycles. The second-order valence-electron chi connectivity index (χ2n) is 8.61. The van der Waals surface area contributed by atoms with Gasteiger partial charge in [0.15, 0.2) is 0 Å². The van der Waals surface area contributed by atoms with E-state index >= 15 is 0 Å². The molecule has 0 radical (unpaired) electrons. The number of nitrogens with zero attached hydrogens (tertiary/aromatic N) is 2. The zero-order valence-electron chi connectivity index (χ0n) is 20.9. The first-order chi connectivity index (χ1) is 17.1. The van der Waals surface area contributed by atoms with Crippen LogP contribution in [0.5, 0.6) is 5.75 Å². The highest BCUT2D eigenvalue weighted by molar-refractivity contribution is 7.92. The molecule has 1 aromatic heterocycles. The molecule has 0 amide bonds. The van der Waals surface area contributed by atoms with Crippen molar-refractivity contribution in [3.63, 3.8) is 0 Å². The van der Waals surface area contributed by atoms with E-state index in [2.05, 4.69) is 25.3 Å². The van der Waals surface area contributed by atoms with E-state index in [1.165, 1.54) is 0 Å². The number of rotatable bonds is 8. The van der Waals surface area contributed by atoms with Gasteiger partial charge in [-0.25, -0.2) is 13.4 Å². The summed E-state index contributed by atoms with van der Waals surface area (Å²) < 4.78 is 33.9. The zero-order chi connectivity index (χ0) is 25.9. The molecule has 0 unspecified atom stereocenters. The number of sulfonamides is 1. The number of hydrogen-bond donors (Lipinski definition) is 3. The largest absolute Gasteiger partial charge is 0.497 e. The lowest BCUT2D eigenvalue weighted by molar-refractivity contribution is 0.415. The SMILES string of the molecule is COc1ccc(Nc2cc(C)nc(Nc3ccc(NS(=O)(=O)c4c(C)cc(C)cc4C)cc3)n2)cc1. The number of ether oxygens (including phenoxy) is 1. The zero-order valence-corrected chi connectivity index (χ0v) is 21.7. The maximum absolute atomic E-state index is 13.0. The van der Waals surface area contributed by atoms with Crippen molar-refractivity contribution >= 4 is 38.9 Å². The molecule has 4 rings (SSSR count). The average molecular weight is 504 g/mol. The number of anilines is 5. The van der Waals surface area contributed by atoms with E-state index in [4.69, 9.17) is 4.74 Å². The van der Waals surface area contributed by atoms with Crippen LogP contribution in [-0.2, 0) is 10.0 Å². The van der Waals surface area contributed by atoms with E-state index in [0.29, 0.717) is 33.5 Å². The second kappa shape index (κ2) is 10.2. The van der Waals surface area contributed by atoms with Crippen molar-refractivity contribution < 1.29 is 13.2 Å². The summed E-state index contributed by atoms with van der Waals surface area (Å²) in [6.45, 7) is 7.45. The molecule has 0 aliphatic rings. The quantitative estimate of drug-likeness (QED) is 0.270. The van der Waals surface area contributed by atoms with Crippen molar-refractivity contribution in [3.8, 4) is 5.75 Å². The molecule has 4 aromatic rings. The first-order valence-electron chi connectivity index (χ1n) is 11.4. The Hall–Kier alpha value is -4.11. The molecule has 3 N–H and O–H groups in total. The summed E-state index contributed by atoms with van der Waals surface area (Å²) in [5, 5.41) is 6.44. The van der Waals surface area contributed by atoms with Gasteiger partial charge in [-0.2, -0.15) is 4.98 Å². The van der Waals surface area contributed by atoms with E-state index in [0.717, 1.165) is 28.4 Å². The van der Waals surface area contributed by atoms with Crippen molar-refractivity contribution in [2.45, 2.75) is 32.6 Å². The van der Waals surface area contributed by atoms with Gasteiger partial charge in [0.25, 0.3) is 10.0 Å². The predicted molar refractivity (Wildman–Crippen MR) is 144 cm³/mol. The molecular weight excluding hydrogens is 474 g/mol. The van der Waals surface area contributed by atoms with Crippen LogP contribution in [0.25, 0.3) is 0 Å². The Labute approximate surface area is 211 Å². The van der Waals surface area contributed by atoms with Gasteiger partial charge in [0, 0.05) is 28.8 Å². The van der Waals surface area contributed by atoms with Crippen LogP contribution in [0.3, 0.4) is 0 Å². The smallest absolute Gasteiger partial charge is 0.262 e. The van der Waals surface area contributed by atoms with Gasteiger partial charge < -0.3 is 15.4 Å². The molecule has 8 nitrogen and oxygen atoms in total. The monoisotopic (exact) mass is 503 g/mol. The van der Waals surface area contributed by atoms with Crippen LogP contribution in [0.2, 0.25) is 0 Å². The molecular formula is C27H29N5O3S. The van der Waals surface area contributed by atoms with Gasteiger partial charge >= 0.3 is 0 Å². The van der Waals surface area contributed by atoms with Crippen molar-refractivity contribution in [2.24, 2.45) is 0 Å². The Bertz CT molecular complexity index is 1460. The Kier molecular flexibility index (Phi) is 7.12. The minimum absolute atomic E-state index is 0.306. The fourth-order valence-corrected chi connectivity index (χ4v) is 5.57. The molecule has 36 heavy (non-hydrogen) atoms. The molecule has 0 aliphatic carbocycles. The first-order valence-corrected chi connectivity index (χ1v) is 12.9. The Morgan fingerprint density at radius 3 is 1.89 bits per heavy atom. The van der Waals surface area contributed by atoms with Crippen molar-refractivity contribution in [3.05, 3.63) is 89.1 Å². The van der Waals surface area contributed by atoms with Gasteiger partial charge in [0.1, 0.15) is 11.6 Å². The maximum Gasteiger partial charge on any atom is 0.262 e. The molecule has 0 fully saturated rings. The van der Waals surface area contributed by atoms with Crippen molar-refractivity contribution in [2.75, 3.05) is 22.5 Å². The molecule has 0 spiro atoms. The highest BCUT2D eigenvalue weighted by atomic mass is 32.2. The number of methoxy groups -OCH3 is 1. The van der Waals surface area contributed by atoms with Gasteiger partial charge in [-0.3, -0.25) is 4.72 Å². The maximum atomic E-state index is 13.0. The number of aromatic nitrogens is 2. The number of hydrogen-bond acceptors (Lipinski definition) is 7. The van der Waals surface area contributed by atoms with Crippen LogP contribution in [0.15, 0.2) is 71.6 Å². The average Bonchev–Trinajstić information content (AvgIpc) is 2.79. The van der Waals surface area contributed by atoms with Crippen LogP contribution in [-0.4, -0.2) is 25.5 Å². The Balaban J connectivity index is 1.48. The number of benzene rings is 3. The lowest BCUT2D eigenvalue weighted by Crippen LogP contribution is -2.16. The van der Waals surface area contributed by atoms with E-state index in [-0.39, 0.29) is 0 Å². The summed E-state index contributed by atoms with van der Waals surface area (Å²) in [6, 6.07) is 20.1. The fourth-order valence-electron chi connectivity index (χ4n) is 4.06. The minimum atomic E-state index is -3.72. The molecule has 0 aliphatic heterocycles. The Morgan fingerprint density at radius 2 is 1.28 bits per heavy atom. The lowest BCUT2D eigenvalue weighted by Gasteiger charge is -2.14. The molecule has 9 heteroatoms. The van der Waals surface area contributed by atoms with Crippen LogP contribution in [0, 0.1) is 27.7 Å². The number of aryl methyl sites for hydroxylation is 4. The van der Waals surface area contributed by atoms with Crippen molar-refractivity contribution in [1.82, 2.24) is 9.97 Å². The highest BCUT2D eigenvalue weighted by Crippen LogP contribution is 2.26. The van der Waals surface area contributed by atoms with E-state index in [9.17, 15) is 8.42 Å². The third-order valence-electron chi connectivity index (χ3n) is 5.48. The Morgan fingerprint density at radius 1 is 0.722 bits per heavy atom. The summed E-state index contributed by atoms with van der Waals surface area (Å²) in [5.41, 5.74) is 5.31. The van der Waals surface area contributed by atoms with Gasteiger partial charge in [-0.1, -0.05) is 17.7 Å². The molecule has 186 valence electrons. The van der Waals surface area contributed by atoms with Gasteiger partial charge in [0.2, 0.25) is 5.95 Å². The standard InChI is InChI=1S/C27H29N5O3S/c1-17-14-18(2)26(19(3)15-17)36(33,34)32-23-8-6-22(7-9-23)30-27-28-20(4)16-25(31-27)29-21-10-12-24(35-5)13-11-21/h6-16,32H,1-5H3,(H2,28,29,30,31). The molecule has 0 atom stereocenters. The summed E-state index contributed by atoms with van der Waals surface area (Å²) >= 11 is 0. The van der Waals surface area contributed by atoms with Gasteiger partial charge in [0.05, 0.1) is 12.0 Å². The normalized spacial score (nSPS) is 11.1. The van der Waals surface area contributed by atoms with E-state index in [1.54, 1.807) is 45.2 Å². The summed E-state index contributed by atoms with van der Waals surface area (Å²) in [5.74, 6) is 1.84. The van der Waals surface area contributed by atoms with E-state index < -0.39 is 10.0 Å². The van der Waals surface area contributed by atoms with E-state index in [1.807, 2.05) is 56.3 Å². The second-order valence-corrected chi connectivity index (χ2v) is 10.2. The van der Waals surface area contributed by atoms with Gasteiger partial charge in [-0.15, -0.1) is 0 Å². The van der Waals surface area contributed by atoms with Crippen LogP contribution in [0.4, 0.5) is 28.8 Å². The molecule has 0 saturated carbocycles. The molecule has 3 aromatic carbocycles. The summed E-state index contributed by atoms with van der Waals surface area (Å²) in [7, 11) is -2.09. The molecule has 1 heterocycles. The topological polar surface area (TPSA) is 105 Å². The summed E-state index contributed by atoms with van der Waals surface area (Å²) in [4.78, 5) is 9.30. The third-order valence-corrected chi connectivity index (χ3v) is 7.17. The van der Waals surface area contributed by atoms with Crippen LogP contribution < -0.4 is 20.1 Å². The third kappa shape index (κ3) is 5.92. The first kappa shape index (κ1) is 25.0. The van der Waals surface area contributed by atoms with Crippen molar-refractivity contribution in [1.29, 1.82) is 0 Å². The molecule has 0 bridgehead atoms. The summed E-state index contributed by atoms with van der Waals surface area (Å²) in [6.07, 6.45) is 0. The van der Waals surface area contributed by atoms with Crippen LogP contribution >= 0.6 is 0 Å². The number of nitrogens with one attached hydrogen (secondary N) is 3. The lowest BCUT2D eigenvalue weighted by atomic mass is 10.1. The fraction of sp³-hybridized carbons (Fsp3) is 0.185. The highest BCUT2D eigenvalue weighted by Gasteiger charge is 2.20. The predicted octanol–water partition coefficient (Wildman–Crippen LogP) is 6.01. The van der Waals surface area contributed by atoms with Gasteiger partial charge in [-0.05, 0) is 87.4 Å².